The molecule has 0 aliphatic rings. The van der Waals surface area contributed by atoms with E-state index in [1.165, 1.54) is 6.07 Å². The number of aliphatic hydroxyl groups is 1. The number of hydrogen-bond acceptors (Lipinski definition) is 8. The maximum atomic E-state index is 15.3. The van der Waals surface area contributed by atoms with Crippen molar-refractivity contribution in [2.75, 3.05) is 5.32 Å². The molecule has 0 fully saturated rings. The summed E-state index contributed by atoms with van der Waals surface area (Å²) in [5.74, 6) is -7.24. The second kappa shape index (κ2) is 11.6. The number of carbonyl (C=O) groups excluding carboxylic acids is 2. The normalized spacial score (nSPS) is 11.6. The molecule has 1 aromatic heterocycles. The molecule has 1 heterocycles. The molecule has 0 spiro atoms. The predicted octanol–water partition coefficient (Wildman–Crippen LogP) is 2.11. The van der Waals surface area contributed by atoms with Gasteiger partial charge in [-0.2, -0.15) is 8.78 Å². The highest BCUT2D eigenvalue weighted by molar-refractivity contribution is 6.37. The number of nitrogens with zero attached hydrogens (tertiary/aromatic N) is 1. The average molecular weight is 571 g/mol. The molecule has 0 bridgehead atoms. The monoisotopic (exact) mass is 571 g/mol. The molecule has 3 aromatic rings. The topological polar surface area (TPSA) is 142 Å². The Labute approximate surface area is 222 Å². The van der Waals surface area contributed by atoms with Crippen LogP contribution in [0.1, 0.15) is 20.8 Å². The molecule has 0 aliphatic heterocycles. The predicted molar refractivity (Wildman–Crippen MR) is 130 cm³/mol. The van der Waals surface area contributed by atoms with E-state index in [0.717, 1.165) is 46.2 Å². The number of aromatic nitrogens is 1. The van der Waals surface area contributed by atoms with Gasteiger partial charge in [-0.3, -0.25) is 14.6 Å². The first kappa shape index (κ1) is 29.9. The lowest BCUT2D eigenvalue weighted by Crippen LogP contribution is -2.36. The van der Waals surface area contributed by atoms with Crippen LogP contribution in [0.2, 0.25) is 0 Å². The van der Waals surface area contributed by atoms with Crippen molar-refractivity contribution < 1.29 is 60.0 Å². The molecule has 2 amide bonds. The summed E-state index contributed by atoms with van der Waals surface area (Å²) in [7, 11) is 2.27. The summed E-state index contributed by atoms with van der Waals surface area (Å²) in [6.45, 7) is -3.47. The van der Waals surface area contributed by atoms with Gasteiger partial charge in [0, 0.05) is 18.0 Å². The Kier molecular flexibility index (Phi) is 8.72. The van der Waals surface area contributed by atoms with Gasteiger partial charge >= 0.3 is 13.0 Å². The molecule has 3 rings (SSSR count). The van der Waals surface area contributed by atoms with Crippen LogP contribution in [0.4, 0.5) is 32.0 Å². The number of nitrogens with one attached hydrogen (secondary N) is 1. The van der Waals surface area contributed by atoms with E-state index in [4.69, 9.17) is 15.2 Å². The Balaban J connectivity index is 2.08. The van der Waals surface area contributed by atoms with E-state index in [1.54, 1.807) is 0 Å². The van der Waals surface area contributed by atoms with E-state index in [2.05, 4.69) is 19.8 Å². The standard InChI is InChI=1S/C22H17B2F6N3O7/c23-21(24,36)40-15-8-10(39-22(28,29)30)1-2-12(15)37-13-3-4-14(38-20(26)27)17(25)16(13)19(35)33-9-5-6-32-11(7-9)18(31)34/h1-8,20,36H,23-24H2,(H2,31,34)(H,32,33,35). The lowest BCUT2D eigenvalue weighted by Gasteiger charge is -2.23. The molecular formula is C22H17B2F6N3O7. The van der Waals surface area contributed by atoms with Crippen molar-refractivity contribution in [3.8, 4) is 28.7 Å². The second-order valence-corrected chi connectivity index (χ2v) is 8.18. The van der Waals surface area contributed by atoms with E-state index in [1.807, 2.05) is 0 Å². The molecule has 10 nitrogen and oxygen atoms in total. The number of halogens is 6. The lowest BCUT2D eigenvalue weighted by molar-refractivity contribution is -0.274. The van der Waals surface area contributed by atoms with Gasteiger partial charge in [0.2, 0.25) is 0 Å². The fourth-order valence-electron chi connectivity index (χ4n) is 3.10. The molecule has 4 N–H and O–H groups in total. The van der Waals surface area contributed by atoms with Crippen LogP contribution in [0.3, 0.4) is 0 Å². The number of benzene rings is 2. The fourth-order valence-corrected chi connectivity index (χ4v) is 3.10. The highest BCUT2D eigenvalue weighted by Gasteiger charge is 2.32. The van der Waals surface area contributed by atoms with Crippen molar-refractivity contribution in [1.29, 1.82) is 0 Å². The minimum atomic E-state index is -5.08. The van der Waals surface area contributed by atoms with Gasteiger partial charge in [0.1, 0.15) is 28.3 Å². The first-order valence-corrected chi connectivity index (χ1v) is 10.9. The molecule has 0 atom stereocenters. The SMILES string of the molecule is BC(B)(O)Oc1cc(OC(F)(F)F)ccc1Oc1ccc(OC(F)F)c(F)c1C(=O)Nc1ccnc(C(N)=O)c1. The van der Waals surface area contributed by atoms with Crippen LogP contribution in [0, 0.1) is 5.82 Å². The number of carbonyl (C=O) groups is 2. The first-order valence-electron chi connectivity index (χ1n) is 10.9. The van der Waals surface area contributed by atoms with Crippen molar-refractivity contribution in [3.63, 3.8) is 0 Å². The molecule has 0 saturated heterocycles. The second-order valence-electron chi connectivity index (χ2n) is 8.18. The van der Waals surface area contributed by atoms with Crippen LogP contribution in [-0.2, 0) is 0 Å². The first-order chi connectivity index (χ1) is 18.5. The molecule has 0 saturated carbocycles. The van der Waals surface area contributed by atoms with Gasteiger partial charge in [-0.15, -0.1) is 13.2 Å². The van der Waals surface area contributed by atoms with Crippen LogP contribution in [0.15, 0.2) is 48.7 Å². The van der Waals surface area contributed by atoms with Crippen molar-refractivity contribution in [2.24, 2.45) is 5.73 Å². The quantitative estimate of drug-likeness (QED) is 0.191. The summed E-state index contributed by atoms with van der Waals surface area (Å²) in [5.41, 5.74) is 1.83. The van der Waals surface area contributed by atoms with E-state index >= 15 is 4.39 Å². The molecular weight excluding hydrogens is 554 g/mol. The number of rotatable bonds is 10. The van der Waals surface area contributed by atoms with Gasteiger partial charge in [0.15, 0.2) is 38.8 Å². The van der Waals surface area contributed by atoms with Crippen LogP contribution < -0.4 is 30.0 Å². The van der Waals surface area contributed by atoms with Crippen molar-refractivity contribution in [3.05, 3.63) is 65.7 Å². The van der Waals surface area contributed by atoms with Gasteiger partial charge in [-0.1, -0.05) is 0 Å². The van der Waals surface area contributed by atoms with Crippen LogP contribution in [-0.4, -0.2) is 56.2 Å². The number of pyridine rings is 1. The van der Waals surface area contributed by atoms with E-state index in [0.29, 0.717) is 12.1 Å². The summed E-state index contributed by atoms with van der Waals surface area (Å²) in [4.78, 5) is 28.1. The lowest BCUT2D eigenvalue weighted by atomic mass is 9.76. The highest BCUT2D eigenvalue weighted by atomic mass is 19.4. The number of amides is 2. The smallest absolute Gasteiger partial charge is 0.476 e. The van der Waals surface area contributed by atoms with Crippen molar-refractivity contribution >= 4 is 33.2 Å². The molecule has 40 heavy (non-hydrogen) atoms. The number of primary amides is 1. The van der Waals surface area contributed by atoms with E-state index < -0.39 is 70.5 Å². The molecule has 2 aromatic carbocycles. The summed E-state index contributed by atoms with van der Waals surface area (Å²) in [6.07, 6.45) is -3.98. The van der Waals surface area contributed by atoms with Crippen LogP contribution >= 0.6 is 0 Å². The minimum Gasteiger partial charge on any atom is -0.476 e. The largest absolute Gasteiger partial charge is 0.573 e. The van der Waals surface area contributed by atoms with E-state index in [-0.39, 0.29) is 11.4 Å². The summed E-state index contributed by atoms with van der Waals surface area (Å²) >= 11 is 0. The van der Waals surface area contributed by atoms with Gasteiger partial charge in [0.25, 0.3) is 11.8 Å². The van der Waals surface area contributed by atoms with Gasteiger partial charge in [0.05, 0.1) is 0 Å². The third-order valence-electron chi connectivity index (χ3n) is 4.51. The molecule has 0 aliphatic carbocycles. The molecule has 210 valence electrons. The Morgan fingerprint density at radius 2 is 1.62 bits per heavy atom. The fraction of sp³-hybridized carbons (Fsp3) is 0.136. The summed E-state index contributed by atoms with van der Waals surface area (Å²) < 4.78 is 97.6. The zero-order chi connectivity index (χ0) is 29.8. The third-order valence-corrected chi connectivity index (χ3v) is 4.51. The zero-order valence-electron chi connectivity index (χ0n) is 20.4. The highest BCUT2D eigenvalue weighted by Crippen LogP contribution is 2.40. The molecule has 0 unspecified atom stereocenters. The van der Waals surface area contributed by atoms with Gasteiger partial charge < -0.3 is 35.1 Å². The zero-order valence-corrected chi connectivity index (χ0v) is 20.4. The van der Waals surface area contributed by atoms with Crippen LogP contribution in [0.5, 0.6) is 28.7 Å². The number of ether oxygens (including phenoxy) is 4. The Morgan fingerprint density at radius 1 is 0.975 bits per heavy atom. The van der Waals surface area contributed by atoms with Crippen LogP contribution in [0.25, 0.3) is 0 Å². The summed E-state index contributed by atoms with van der Waals surface area (Å²) in [5, 5.41) is 12.3. The Hall–Kier alpha value is -4.60. The van der Waals surface area contributed by atoms with Crippen molar-refractivity contribution in [1.82, 2.24) is 4.98 Å². The molecule has 0 radical (unpaired) electrons. The Morgan fingerprint density at radius 3 is 2.23 bits per heavy atom. The Bertz CT molecular complexity index is 1420. The van der Waals surface area contributed by atoms with E-state index in [9.17, 15) is 36.6 Å². The number of hydrogen-bond donors (Lipinski definition) is 3. The maximum Gasteiger partial charge on any atom is 0.573 e. The number of anilines is 1. The third kappa shape index (κ3) is 8.20. The maximum absolute atomic E-state index is 15.3. The molecule has 18 heteroatoms. The summed E-state index contributed by atoms with van der Waals surface area (Å²) in [6, 6.07) is 6.23. The van der Waals surface area contributed by atoms with Crippen molar-refractivity contribution in [2.45, 2.75) is 18.6 Å². The minimum absolute atomic E-state index is 0.0981. The van der Waals surface area contributed by atoms with Gasteiger partial charge in [-0.05, 0) is 36.4 Å². The van der Waals surface area contributed by atoms with Gasteiger partial charge in [-0.25, -0.2) is 4.39 Å². The number of alkyl halides is 5. The average Bonchev–Trinajstić information content (AvgIpc) is 2.80. The number of nitrogens with two attached hydrogens (primary N) is 1.